The predicted molar refractivity (Wildman–Crippen MR) is 79.0 cm³/mol. The minimum absolute atomic E-state index is 0.0302. The van der Waals surface area contributed by atoms with Gasteiger partial charge in [-0.05, 0) is 24.0 Å². The summed E-state index contributed by atoms with van der Waals surface area (Å²) in [5.41, 5.74) is 7.29. The fourth-order valence-electron chi connectivity index (χ4n) is 1.69. The fourth-order valence-corrected chi connectivity index (χ4v) is 2.93. The molecule has 0 saturated carbocycles. The van der Waals surface area contributed by atoms with E-state index in [1.165, 1.54) is 4.31 Å². The van der Waals surface area contributed by atoms with Gasteiger partial charge in [-0.1, -0.05) is 30.3 Å². The summed E-state index contributed by atoms with van der Waals surface area (Å²) in [5.74, 6) is 0.0302. The van der Waals surface area contributed by atoms with E-state index < -0.39 is 10.0 Å². The van der Waals surface area contributed by atoms with Crippen molar-refractivity contribution in [3.8, 4) is 0 Å². The lowest BCUT2D eigenvalue weighted by atomic mass is 10.1. The van der Waals surface area contributed by atoms with Gasteiger partial charge in [0.05, 0.1) is 5.75 Å². The van der Waals surface area contributed by atoms with Gasteiger partial charge < -0.3 is 5.73 Å². The van der Waals surface area contributed by atoms with Crippen molar-refractivity contribution < 1.29 is 8.42 Å². The molecule has 0 radical (unpaired) electrons. The summed E-state index contributed by atoms with van der Waals surface area (Å²) in [5, 5.41) is 0. The van der Waals surface area contributed by atoms with Crippen LogP contribution in [0.2, 0.25) is 0 Å². The second-order valence-electron chi connectivity index (χ2n) is 4.53. The number of allylic oxidation sites excluding steroid dienone is 1. The summed E-state index contributed by atoms with van der Waals surface area (Å²) >= 11 is 0. The van der Waals surface area contributed by atoms with Crippen LogP contribution in [0.3, 0.4) is 0 Å². The minimum atomic E-state index is -3.25. The van der Waals surface area contributed by atoms with Crippen molar-refractivity contribution >= 4 is 10.0 Å². The van der Waals surface area contributed by atoms with Gasteiger partial charge in [0.2, 0.25) is 10.0 Å². The van der Waals surface area contributed by atoms with Crippen LogP contribution in [0.4, 0.5) is 0 Å². The van der Waals surface area contributed by atoms with Crippen LogP contribution in [0.15, 0.2) is 36.9 Å². The number of rotatable bonds is 8. The molecule has 0 amide bonds. The van der Waals surface area contributed by atoms with Crippen LogP contribution < -0.4 is 5.73 Å². The van der Waals surface area contributed by atoms with Crippen LogP contribution in [0.1, 0.15) is 24.0 Å². The number of nitrogens with zero attached hydrogens (tertiary/aromatic N) is 1. The molecule has 2 N–H and O–H groups in total. The largest absolute Gasteiger partial charge is 0.326 e. The maximum Gasteiger partial charge on any atom is 0.218 e. The van der Waals surface area contributed by atoms with Gasteiger partial charge in [0.15, 0.2) is 0 Å². The molecule has 5 heteroatoms. The smallest absolute Gasteiger partial charge is 0.218 e. The molecule has 19 heavy (non-hydrogen) atoms. The van der Waals surface area contributed by atoms with Crippen LogP contribution in [0.5, 0.6) is 0 Å². The summed E-state index contributed by atoms with van der Waals surface area (Å²) < 4.78 is 25.7. The Hall–Kier alpha value is -1.17. The van der Waals surface area contributed by atoms with Crippen LogP contribution >= 0.6 is 0 Å². The second-order valence-corrected chi connectivity index (χ2v) is 6.61. The molecule has 0 bridgehead atoms. The molecule has 0 saturated heterocycles. The molecule has 0 spiro atoms. The van der Waals surface area contributed by atoms with Crippen LogP contribution in [-0.4, -0.2) is 26.3 Å². The maximum absolute atomic E-state index is 12.1. The van der Waals surface area contributed by atoms with E-state index in [2.05, 4.69) is 6.58 Å². The van der Waals surface area contributed by atoms with Gasteiger partial charge in [-0.2, -0.15) is 0 Å². The predicted octanol–water partition coefficient (Wildman–Crippen LogP) is 1.87. The molecule has 1 rings (SSSR count). The Bertz CT molecular complexity index is 495. The van der Waals surface area contributed by atoms with E-state index in [1.54, 1.807) is 13.1 Å². The van der Waals surface area contributed by atoms with E-state index in [9.17, 15) is 8.42 Å². The summed E-state index contributed by atoms with van der Waals surface area (Å²) in [4.78, 5) is 0. The fraction of sp³-hybridized carbons (Fsp3) is 0.429. The van der Waals surface area contributed by atoms with Crippen molar-refractivity contribution in [2.75, 3.05) is 13.6 Å². The summed E-state index contributed by atoms with van der Waals surface area (Å²) in [6.07, 6.45) is 3.42. The molecule has 0 heterocycles. The Morgan fingerprint density at radius 1 is 1.26 bits per heavy atom. The Morgan fingerprint density at radius 3 is 2.37 bits per heavy atom. The zero-order valence-electron chi connectivity index (χ0n) is 11.4. The van der Waals surface area contributed by atoms with Crippen LogP contribution in [0.25, 0.3) is 0 Å². The van der Waals surface area contributed by atoms with E-state index in [-0.39, 0.29) is 5.75 Å². The van der Waals surface area contributed by atoms with Gasteiger partial charge in [-0.15, -0.1) is 6.58 Å². The highest BCUT2D eigenvalue weighted by molar-refractivity contribution is 7.88. The summed E-state index contributed by atoms with van der Waals surface area (Å²) in [7, 11) is -1.63. The SMILES string of the molecule is C=CCCCN(C)S(=O)(=O)Cc1ccc(CN)cc1. The summed E-state index contributed by atoms with van der Waals surface area (Å²) in [6, 6.07) is 7.36. The number of sulfonamides is 1. The Labute approximate surface area is 116 Å². The van der Waals surface area contributed by atoms with E-state index in [4.69, 9.17) is 5.73 Å². The molecule has 0 aliphatic carbocycles. The highest BCUT2D eigenvalue weighted by Gasteiger charge is 2.17. The van der Waals surface area contributed by atoms with Gasteiger partial charge in [-0.3, -0.25) is 0 Å². The third-order valence-electron chi connectivity index (χ3n) is 2.96. The first-order valence-electron chi connectivity index (χ1n) is 6.32. The second kappa shape index (κ2) is 7.43. The van der Waals surface area contributed by atoms with Crippen molar-refractivity contribution in [1.82, 2.24) is 4.31 Å². The van der Waals surface area contributed by atoms with Gasteiger partial charge in [-0.25, -0.2) is 12.7 Å². The molecular formula is C14H22N2O2S. The van der Waals surface area contributed by atoms with E-state index in [1.807, 2.05) is 24.3 Å². The number of nitrogens with two attached hydrogens (primary N) is 1. The number of hydrogen-bond donors (Lipinski definition) is 1. The molecule has 1 aromatic carbocycles. The zero-order valence-corrected chi connectivity index (χ0v) is 12.2. The van der Waals surface area contributed by atoms with Crippen LogP contribution in [-0.2, 0) is 22.3 Å². The van der Waals surface area contributed by atoms with Gasteiger partial charge >= 0.3 is 0 Å². The molecule has 4 nitrogen and oxygen atoms in total. The van der Waals surface area contributed by atoms with Crippen molar-refractivity contribution in [2.24, 2.45) is 5.73 Å². The number of benzene rings is 1. The van der Waals surface area contributed by atoms with Crippen molar-refractivity contribution in [3.05, 3.63) is 48.0 Å². The molecule has 0 aromatic heterocycles. The lowest BCUT2D eigenvalue weighted by molar-refractivity contribution is 0.462. The van der Waals surface area contributed by atoms with Gasteiger partial charge in [0.25, 0.3) is 0 Å². The lowest BCUT2D eigenvalue weighted by Crippen LogP contribution is -2.29. The number of hydrogen-bond acceptors (Lipinski definition) is 3. The Balaban J connectivity index is 2.64. The molecule has 0 aliphatic rings. The van der Waals surface area contributed by atoms with Gasteiger partial charge in [0, 0.05) is 20.1 Å². The molecule has 0 fully saturated rings. The monoisotopic (exact) mass is 282 g/mol. The molecule has 0 unspecified atom stereocenters. The average molecular weight is 282 g/mol. The molecular weight excluding hydrogens is 260 g/mol. The normalized spacial score (nSPS) is 11.7. The maximum atomic E-state index is 12.1. The van der Waals surface area contributed by atoms with Gasteiger partial charge in [0.1, 0.15) is 0 Å². The third-order valence-corrected chi connectivity index (χ3v) is 4.79. The zero-order chi connectivity index (χ0) is 14.3. The van der Waals surface area contributed by atoms with E-state index >= 15 is 0 Å². The lowest BCUT2D eigenvalue weighted by Gasteiger charge is -2.16. The third kappa shape index (κ3) is 5.14. The first-order valence-corrected chi connectivity index (χ1v) is 7.93. The Kier molecular flexibility index (Phi) is 6.21. The highest BCUT2D eigenvalue weighted by Crippen LogP contribution is 2.11. The first kappa shape index (κ1) is 15.9. The average Bonchev–Trinajstić information content (AvgIpc) is 2.39. The van der Waals surface area contributed by atoms with Crippen molar-refractivity contribution in [1.29, 1.82) is 0 Å². The quantitative estimate of drug-likeness (QED) is 0.585. The number of unbranched alkanes of at least 4 members (excludes halogenated alkanes) is 1. The van der Waals surface area contributed by atoms with Crippen molar-refractivity contribution in [3.63, 3.8) is 0 Å². The molecule has 1 aromatic rings. The van der Waals surface area contributed by atoms with E-state index in [0.717, 1.165) is 24.0 Å². The molecule has 106 valence electrons. The van der Waals surface area contributed by atoms with Crippen LogP contribution in [0, 0.1) is 0 Å². The standard InChI is InChI=1S/C14H22N2O2S/c1-3-4-5-10-16(2)19(17,18)12-14-8-6-13(11-15)7-9-14/h3,6-9H,1,4-5,10-12,15H2,2H3. The first-order chi connectivity index (χ1) is 8.99. The van der Waals surface area contributed by atoms with Crippen molar-refractivity contribution in [2.45, 2.75) is 25.1 Å². The highest BCUT2D eigenvalue weighted by atomic mass is 32.2. The topological polar surface area (TPSA) is 63.4 Å². The van der Waals surface area contributed by atoms with E-state index in [0.29, 0.717) is 13.1 Å². The minimum Gasteiger partial charge on any atom is -0.326 e. The Morgan fingerprint density at radius 2 is 1.84 bits per heavy atom. The summed E-state index contributed by atoms with van der Waals surface area (Å²) in [6.45, 7) is 4.62. The molecule has 0 atom stereocenters. The molecule has 0 aliphatic heterocycles.